The molecule has 3 fully saturated rings. The van der Waals surface area contributed by atoms with Gasteiger partial charge in [0.25, 0.3) is 5.56 Å². The molecule has 31 heavy (non-hydrogen) atoms. The topological polar surface area (TPSA) is 69.7 Å². The molecular weight excluding hydrogens is 390 g/mol. The molecule has 0 unspecified atom stereocenters. The molecule has 2 aromatic rings. The summed E-state index contributed by atoms with van der Waals surface area (Å²) < 4.78 is 13.8. The number of anilines is 1. The van der Waals surface area contributed by atoms with Gasteiger partial charge in [0.1, 0.15) is 5.75 Å². The summed E-state index contributed by atoms with van der Waals surface area (Å²) >= 11 is 0. The number of benzene rings is 1. The van der Waals surface area contributed by atoms with Gasteiger partial charge < -0.3 is 24.7 Å². The van der Waals surface area contributed by atoms with Gasteiger partial charge in [0, 0.05) is 55.5 Å². The Bertz CT molecular complexity index is 1010. The van der Waals surface area contributed by atoms with Crippen LogP contribution in [-0.4, -0.2) is 43.5 Å². The number of rotatable bonds is 6. The number of aryl methyl sites for hydroxylation is 1. The van der Waals surface area contributed by atoms with E-state index in [1.807, 2.05) is 4.57 Å². The normalized spacial score (nSPS) is 23.5. The van der Waals surface area contributed by atoms with E-state index in [2.05, 4.69) is 30.9 Å². The minimum absolute atomic E-state index is 0.0621. The first-order chi connectivity index (χ1) is 15.0. The molecule has 168 valence electrons. The second-order valence-corrected chi connectivity index (χ2v) is 9.77. The highest BCUT2D eigenvalue weighted by atomic mass is 16.5. The fourth-order valence-electron chi connectivity index (χ4n) is 5.28. The minimum atomic E-state index is 0.0621. The third-order valence-corrected chi connectivity index (χ3v) is 7.44. The van der Waals surface area contributed by atoms with Crippen molar-refractivity contribution in [2.45, 2.75) is 58.0 Å². The van der Waals surface area contributed by atoms with E-state index in [1.54, 1.807) is 6.07 Å². The SMILES string of the molecule is Cc1c(N2CC[C@@H]([C@H](C)N)C2)ccc2c(OCC3CCOCC3)cc(=O)n(C3CC3)c12. The fourth-order valence-corrected chi connectivity index (χ4v) is 5.28. The molecule has 1 aliphatic carbocycles. The molecule has 3 aliphatic rings. The third kappa shape index (κ3) is 4.08. The number of aromatic nitrogens is 1. The largest absolute Gasteiger partial charge is 0.492 e. The average molecular weight is 426 g/mol. The molecule has 5 rings (SSSR count). The highest BCUT2D eigenvalue weighted by Crippen LogP contribution is 2.41. The second-order valence-electron chi connectivity index (χ2n) is 9.77. The lowest BCUT2D eigenvalue weighted by atomic mass is 10.0. The van der Waals surface area contributed by atoms with Crippen molar-refractivity contribution >= 4 is 16.6 Å². The quantitative estimate of drug-likeness (QED) is 0.765. The molecule has 1 aromatic carbocycles. The van der Waals surface area contributed by atoms with Crippen LogP contribution in [0.5, 0.6) is 5.75 Å². The Hall–Kier alpha value is -2.05. The number of ether oxygens (including phenoxy) is 2. The first-order valence-electron chi connectivity index (χ1n) is 11.9. The molecule has 2 saturated heterocycles. The van der Waals surface area contributed by atoms with Crippen molar-refractivity contribution in [1.29, 1.82) is 0 Å². The molecule has 0 spiro atoms. The molecule has 2 atom stereocenters. The Morgan fingerprint density at radius 3 is 2.65 bits per heavy atom. The monoisotopic (exact) mass is 425 g/mol. The van der Waals surface area contributed by atoms with E-state index in [0.717, 1.165) is 75.1 Å². The molecule has 3 heterocycles. The van der Waals surface area contributed by atoms with Crippen LogP contribution in [-0.2, 0) is 4.74 Å². The highest BCUT2D eigenvalue weighted by molar-refractivity contribution is 5.92. The van der Waals surface area contributed by atoms with Crippen LogP contribution in [0.2, 0.25) is 0 Å². The Morgan fingerprint density at radius 1 is 1.19 bits per heavy atom. The minimum Gasteiger partial charge on any atom is -0.492 e. The number of hydrogen-bond acceptors (Lipinski definition) is 5. The molecule has 6 nitrogen and oxygen atoms in total. The maximum atomic E-state index is 13.1. The molecule has 1 saturated carbocycles. The van der Waals surface area contributed by atoms with Crippen LogP contribution in [0, 0.1) is 18.8 Å². The van der Waals surface area contributed by atoms with Crippen LogP contribution < -0.4 is 20.9 Å². The van der Waals surface area contributed by atoms with Crippen molar-refractivity contribution in [3.63, 3.8) is 0 Å². The van der Waals surface area contributed by atoms with Gasteiger partial charge in [0.2, 0.25) is 0 Å². The van der Waals surface area contributed by atoms with E-state index in [-0.39, 0.29) is 11.6 Å². The first kappa shape index (κ1) is 20.8. The Kier molecular flexibility index (Phi) is 5.69. The van der Waals surface area contributed by atoms with Crippen molar-refractivity contribution < 1.29 is 9.47 Å². The summed E-state index contributed by atoms with van der Waals surface area (Å²) in [5, 5.41) is 1.06. The van der Waals surface area contributed by atoms with Gasteiger partial charge in [-0.05, 0) is 75.5 Å². The lowest BCUT2D eigenvalue weighted by molar-refractivity contribution is 0.0499. The van der Waals surface area contributed by atoms with E-state index >= 15 is 0 Å². The van der Waals surface area contributed by atoms with E-state index in [1.165, 1.54) is 11.3 Å². The predicted molar refractivity (Wildman–Crippen MR) is 124 cm³/mol. The van der Waals surface area contributed by atoms with Crippen LogP contribution in [0.4, 0.5) is 5.69 Å². The van der Waals surface area contributed by atoms with Crippen LogP contribution >= 0.6 is 0 Å². The molecule has 0 bridgehead atoms. The zero-order valence-corrected chi connectivity index (χ0v) is 18.8. The summed E-state index contributed by atoms with van der Waals surface area (Å²) in [6.45, 7) is 8.53. The number of pyridine rings is 1. The molecule has 2 aliphatic heterocycles. The van der Waals surface area contributed by atoms with Gasteiger partial charge in [0.05, 0.1) is 12.1 Å². The smallest absolute Gasteiger partial charge is 0.255 e. The Labute approximate surface area is 184 Å². The maximum absolute atomic E-state index is 13.1. The summed E-state index contributed by atoms with van der Waals surface area (Å²) in [6.07, 6.45) is 5.33. The van der Waals surface area contributed by atoms with Crippen LogP contribution in [0.15, 0.2) is 23.0 Å². The van der Waals surface area contributed by atoms with Crippen LogP contribution in [0.25, 0.3) is 10.9 Å². The Balaban J connectivity index is 1.52. The summed E-state index contributed by atoms with van der Waals surface area (Å²) in [6, 6.07) is 6.62. The van der Waals surface area contributed by atoms with Crippen molar-refractivity contribution in [2.75, 3.05) is 37.8 Å². The van der Waals surface area contributed by atoms with Crippen molar-refractivity contribution in [3.8, 4) is 5.75 Å². The number of nitrogens with two attached hydrogens (primary N) is 1. The van der Waals surface area contributed by atoms with E-state index in [4.69, 9.17) is 15.2 Å². The van der Waals surface area contributed by atoms with Gasteiger partial charge in [0.15, 0.2) is 0 Å². The lowest BCUT2D eigenvalue weighted by Gasteiger charge is -2.25. The summed E-state index contributed by atoms with van der Waals surface area (Å²) in [7, 11) is 0. The first-order valence-corrected chi connectivity index (χ1v) is 11.9. The standard InChI is InChI=1S/C25H35N3O3/c1-16-22(27-10-7-19(14-27)17(2)26)6-5-21-23(31-15-18-8-11-30-12-9-18)13-24(29)28(25(16)21)20-3-4-20/h5-6,13,17-20H,3-4,7-12,14-15,26H2,1-2H3/t17-,19+/m0/s1. The molecule has 6 heteroatoms. The predicted octanol–water partition coefficient (Wildman–Crippen LogP) is 3.62. The van der Waals surface area contributed by atoms with E-state index in [9.17, 15) is 4.79 Å². The Morgan fingerprint density at radius 2 is 1.97 bits per heavy atom. The second kappa shape index (κ2) is 8.47. The molecular formula is C25H35N3O3. The zero-order chi connectivity index (χ0) is 21.5. The lowest BCUT2D eigenvalue weighted by Crippen LogP contribution is -2.30. The zero-order valence-electron chi connectivity index (χ0n) is 18.8. The van der Waals surface area contributed by atoms with E-state index < -0.39 is 0 Å². The number of fused-ring (bicyclic) bond motifs is 1. The van der Waals surface area contributed by atoms with Gasteiger partial charge >= 0.3 is 0 Å². The van der Waals surface area contributed by atoms with Crippen molar-refractivity contribution in [1.82, 2.24) is 4.57 Å². The summed E-state index contributed by atoms with van der Waals surface area (Å²) in [5.41, 5.74) is 9.70. The fraction of sp³-hybridized carbons (Fsp3) is 0.640. The molecule has 0 radical (unpaired) electrons. The average Bonchev–Trinajstić information content (AvgIpc) is 3.48. The van der Waals surface area contributed by atoms with Gasteiger partial charge in [-0.15, -0.1) is 0 Å². The van der Waals surface area contributed by atoms with Gasteiger partial charge in [-0.2, -0.15) is 0 Å². The van der Waals surface area contributed by atoms with E-state index in [0.29, 0.717) is 24.5 Å². The maximum Gasteiger partial charge on any atom is 0.255 e. The summed E-state index contributed by atoms with van der Waals surface area (Å²) in [4.78, 5) is 15.6. The number of nitrogens with zero attached hydrogens (tertiary/aromatic N) is 2. The van der Waals surface area contributed by atoms with Crippen molar-refractivity contribution in [3.05, 3.63) is 34.1 Å². The van der Waals surface area contributed by atoms with Crippen molar-refractivity contribution in [2.24, 2.45) is 17.6 Å². The highest BCUT2D eigenvalue weighted by Gasteiger charge is 2.30. The molecule has 2 N–H and O–H groups in total. The van der Waals surface area contributed by atoms with Gasteiger partial charge in [-0.1, -0.05) is 0 Å². The van der Waals surface area contributed by atoms with Gasteiger partial charge in [-0.3, -0.25) is 4.79 Å². The summed E-state index contributed by atoms with van der Waals surface area (Å²) in [5.74, 6) is 1.75. The van der Waals surface area contributed by atoms with Crippen LogP contribution in [0.3, 0.4) is 0 Å². The molecule has 1 aromatic heterocycles. The van der Waals surface area contributed by atoms with Crippen LogP contribution in [0.1, 0.15) is 50.6 Å². The number of hydrogen-bond donors (Lipinski definition) is 1. The third-order valence-electron chi connectivity index (χ3n) is 7.44. The molecule has 0 amide bonds. The van der Waals surface area contributed by atoms with Gasteiger partial charge in [-0.25, -0.2) is 0 Å².